The largest absolute Gasteiger partial charge is 1.00 e. The van der Waals surface area contributed by atoms with Crippen molar-refractivity contribution in [1.29, 1.82) is 0 Å². The molecule has 19 heteroatoms. The van der Waals surface area contributed by atoms with Gasteiger partial charge >= 0.3 is 59.1 Å². The van der Waals surface area contributed by atoms with Crippen molar-refractivity contribution in [2.24, 2.45) is 0 Å². The van der Waals surface area contributed by atoms with Gasteiger partial charge in [-0.25, -0.2) is 18.4 Å². The van der Waals surface area contributed by atoms with E-state index in [1.807, 2.05) is 0 Å². The molecule has 1 N–H and O–H groups in total. The van der Waals surface area contributed by atoms with Gasteiger partial charge in [0.25, 0.3) is 10.1 Å². The van der Waals surface area contributed by atoms with E-state index in [4.69, 9.17) is 19.9 Å². The van der Waals surface area contributed by atoms with Crippen molar-refractivity contribution in [3.63, 3.8) is 0 Å². The number of rotatable bonds is 2. The Labute approximate surface area is 343 Å². The van der Waals surface area contributed by atoms with E-state index >= 15 is 0 Å². The molecule has 0 unspecified atom stereocenters. The van der Waals surface area contributed by atoms with E-state index < -0.39 is 25.1 Å². The van der Waals surface area contributed by atoms with Crippen molar-refractivity contribution in [2.45, 2.75) is 9.79 Å². The fraction of sp³-hybridized carbons (Fsp3) is 0. The van der Waals surface area contributed by atoms with Crippen molar-refractivity contribution in [3.8, 4) is 45.6 Å². The third-order valence-corrected chi connectivity index (χ3v) is 9.73. The molecule has 7 aromatic rings. The molecule has 8 bridgehead atoms. The summed E-state index contributed by atoms with van der Waals surface area (Å²) in [6.45, 7) is 0. The Bertz CT molecular complexity index is 2790. The molecule has 0 aliphatic carbocycles. The summed E-state index contributed by atoms with van der Waals surface area (Å²) in [5.74, 6) is 0.521. The van der Waals surface area contributed by atoms with Gasteiger partial charge in [0.05, 0.1) is 33.1 Å². The molecule has 5 heterocycles. The van der Waals surface area contributed by atoms with Gasteiger partial charge in [0.1, 0.15) is 10.1 Å². The molecule has 4 aromatic carbocycles. The van der Waals surface area contributed by atoms with Crippen LogP contribution in [0.5, 0.6) is 0 Å². The third-order valence-electron chi connectivity index (χ3n) is 8.04. The fourth-order valence-corrected chi connectivity index (χ4v) is 6.84. The van der Waals surface area contributed by atoms with Gasteiger partial charge in [-0.05, 0) is 45.8 Å². The topological polar surface area (TPSA) is 217 Å². The molecule has 0 saturated heterocycles. The van der Waals surface area contributed by atoms with Crippen LogP contribution in [0.1, 0.15) is 0 Å². The fourth-order valence-electron chi connectivity index (χ4n) is 5.83. The Hall–Kier alpha value is -3.42. The van der Waals surface area contributed by atoms with E-state index in [1.54, 1.807) is 48.5 Å². The average Bonchev–Trinajstić information content (AvgIpc) is 3.79. The van der Waals surface area contributed by atoms with Crippen LogP contribution in [0.4, 0.5) is 0 Å². The number of nitrogens with zero attached hydrogens (tertiary/aromatic N) is 8. The molecule has 3 aromatic heterocycles. The van der Waals surface area contributed by atoms with E-state index in [2.05, 4.69) is 19.9 Å². The average molecular weight is 781 g/mol. The van der Waals surface area contributed by atoms with Crippen LogP contribution in [0.2, 0.25) is 0 Å². The number of hydrogen-bond donors (Lipinski definition) is 1. The van der Waals surface area contributed by atoms with Crippen LogP contribution < -0.4 is 69.1 Å². The molecule has 0 atom stereocenters. The van der Waals surface area contributed by atoms with Crippen LogP contribution >= 0.6 is 0 Å². The normalized spacial score (nSPS) is 12.0. The van der Waals surface area contributed by atoms with Crippen LogP contribution in [-0.2, 0) is 37.3 Å². The van der Waals surface area contributed by atoms with Crippen molar-refractivity contribution < 1.29 is 102 Å². The molecule has 51 heavy (non-hydrogen) atoms. The van der Waals surface area contributed by atoms with E-state index in [0.29, 0.717) is 38.2 Å². The summed E-state index contributed by atoms with van der Waals surface area (Å²) in [5, 5.41) is 2.43. The predicted octanol–water partition coefficient (Wildman–Crippen LogP) is -1.72. The standard InChI is InChI=1S/C32H16N8O6S2.Cu.2Na/c41-47(42,43)15-9-11-21-23(13-15)32-38-28-20-8-4-2-6-18(20)26(34-28)36-30-22-12-10-16(48(44,45)46)14-24(22)31(40-30)37-27-19-7-3-1-5-17(19)25(33-27)35-29(21)39-32;;;/h1-14H,(H2-2,33,34,35,36,37,38,39,40,41,42,43,44,45,46);;;/q-2;;2*+1/p-1. The van der Waals surface area contributed by atoms with Gasteiger partial charge in [0, 0.05) is 61.9 Å². The van der Waals surface area contributed by atoms with E-state index in [-0.39, 0.29) is 133 Å². The summed E-state index contributed by atoms with van der Waals surface area (Å²) in [5.41, 5.74) is 2.34. The molecule has 2 aliphatic rings. The van der Waals surface area contributed by atoms with Crippen molar-refractivity contribution >= 4 is 64.4 Å². The van der Waals surface area contributed by atoms with E-state index in [1.165, 1.54) is 36.4 Å². The molecular formula is C32H15CuN8Na2O6S2-. The monoisotopic (exact) mass is 780 g/mol. The first kappa shape index (κ1) is 37.3. The number of benzene rings is 4. The third kappa shape index (κ3) is 6.37. The number of hydrogen-bond acceptors (Lipinski definition) is 11. The first-order chi connectivity index (χ1) is 23.0. The molecule has 0 saturated carbocycles. The maximum absolute atomic E-state index is 12.1. The van der Waals surface area contributed by atoms with Crippen molar-refractivity contribution in [2.75, 3.05) is 0 Å². The van der Waals surface area contributed by atoms with Crippen molar-refractivity contribution in [1.82, 2.24) is 39.9 Å². The van der Waals surface area contributed by atoms with Crippen molar-refractivity contribution in [3.05, 3.63) is 84.9 Å². The zero-order valence-electron chi connectivity index (χ0n) is 26.3. The molecule has 9 rings (SSSR count). The minimum atomic E-state index is -4.80. The molecule has 0 fully saturated rings. The molecule has 0 spiro atoms. The second kappa shape index (κ2) is 13.5. The summed E-state index contributed by atoms with van der Waals surface area (Å²) in [4.78, 5) is 36.8. The minimum absolute atomic E-state index is 0. The Kier molecular flexibility index (Phi) is 9.90. The summed E-state index contributed by atoms with van der Waals surface area (Å²) < 4.78 is 69.9. The Morgan fingerprint density at radius 3 is 1.18 bits per heavy atom. The quantitative estimate of drug-likeness (QED) is 0.153. The smallest absolute Gasteiger partial charge is 0.744 e. The SMILES string of the molecule is O=S(=O)([O-])c1ccc2c(c1)-c1nc-2nc2[n-]c(nc3nc(nc4[n-]c(n1)c1ccccc41)-c1ccc(S(=O)(=O)O)cc1-3)c1ccccc21.[Cu].[Na+].[Na+]. The second-order valence-electron chi connectivity index (χ2n) is 10.9. The van der Waals surface area contributed by atoms with Crippen LogP contribution in [0.15, 0.2) is 94.7 Å². The molecule has 245 valence electrons. The maximum atomic E-state index is 12.1. The van der Waals surface area contributed by atoms with Gasteiger partial charge in [-0.15, -0.1) is 0 Å². The van der Waals surface area contributed by atoms with Crippen LogP contribution in [0.25, 0.3) is 89.7 Å². The first-order valence-corrected chi connectivity index (χ1v) is 17.0. The Morgan fingerprint density at radius 1 is 0.490 bits per heavy atom. The van der Waals surface area contributed by atoms with E-state index in [9.17, 15) is 25.9 Å². The Balaban J connectivity index is 0.00000149. The van der Waals surface area contributed by atoms with Gasteiger partial charge < -0.3 is 34.5 Å². The molecule has 2 aliphatic heterocycles. The molecule has 1 radical (unpaired) electrons. The zero-order chi connectivity index (χ0) is 32.9. The summed E-state index contributed by atoms with van der Waals surface area (Å²) in [6.07, 6.45) is 0. The second-order valence-corrected chi connectivity index (χ2v) is 13.7. The molecular weight excluding hydrogens is 766 g/mol. The van der Waals surface area contributed by atoms with Crippen LogP contribution in [-0.4, -0.2) is 55.8 Å². The summed E-state index contributed by atoms with van der Waals surface area (Å²) >= 11 is 0. The first-order valence-electron chi connectivity index (χ1n) is 14.1. The van der Waals surface area contributed by atoms with Gasteiger partial charge in [-0.2, -0.15) is 8.42 Å². The van der Waals surface area contributed by atoms with Gasteiger partial charge in [0.15, 0.2) is 0 Å². The maximum Gasteiger partial charge on any atom is 1.00 e. The number of fused-ring (bicyclic) bond motifs is 20. The van der Waals surface area contributed by atoms with Gasteiger partial charge in [-0.1, -0.05) is 60.7 Å². The van der Waals surface area contributed by atoms with Crippen LogP contribution in [0.3, 0.4) is 0 Å². The summed E-state index contributed by atoms with van der Waals surface area (Å²) in [6, 6.07) is 22.2. The minimum Gasteiger partial charge on any atom is -0.744 e. The predicted molar refractivity (Wildman–Crippen MR) is 172 cm³/mol. The number of aromatic nitrogens is 8. The van der Waals surface area contributed by atoms with Crippen LogP contribution in [0, 0.1) is 0 Å². The zero-order valence-corrected chi connectivity index (χ0v) is 32.8. The Morgan fingerprint density at radius 2 is 0.824 bits per heavy atom. The van der Waals surface area contributed by atoms with Gasteiger partial charge in [0.2, 0.25) is 0 Å². The van der Waals surface area contributed by atoms with E-state index in [0.717, 1.165) is 0 Å². The van der Waals surface area contributed by atoms with Gasteiger partial charge in [-0.3, -0.25) is 4.55 Å². The molecule has 14 nitrogen and oxygen atoms in total. The summed E-state index contributed by atoms with van der Waals surface area (Å²) in [7, 11) is -9.36. The molecule has 0 amide bonds.